The van der Waals surface area contributed by atoms with Gasteiger partial charge in [0.15, 0.2) is 5.78 Å². The van der Waals surface area contributed by atoms with E-state index in [1.165, 1.54) is 33.5 Å². The maximum atomic E-state index is 11.7. The van der Waals surface area contributed by atoms with Crippen LogP contribution < -0.4 is 0 Å². The number of carbonyl (C=O) groups excluding carboxylic acids is 1. The highest BCUT2D eigenvalue weighted by molar-refractivity contribution is 5.98. The Morgan fingerprint density at radius 2 is 1.60 bits per heavy atom. The lowest BCUT2D eigenvalue weighted by atomic mass is 9.82. The molecule has 0 radical (unpaired) electrons. The zero-order valence-corrected chi connectivity index (χ0v) is 18.5. The summed E-state index contributed by atoms with van der Waals surface area (Å²) in [7, 11) is 0. The van der Waals surface area contributed by atoms with Gasteiger partial charge in [0.25, 0.3) is 0 Å². The van der Waals surface area contributed by atoms with Gasteiger partial charge in [0.2, 0.25) is 0 Å². The molecule has 2 heteroatoms. The normalized spacial score (nSPS) is 11.8. The van der Waals surface area contributed by atoms with E-state index in [9.17, 15) is 4.79 Å². The molecular weight excluding hydrogens is 366 g/mol. The van der Waals surface area contributed by atoms with Crippen LogP contribution in [0.1, 0.15) is 54.9 Å². The van der Waals surface area contributed by atoms with Gasteiger partial charge in [-0.3, -0.25) is 4.79 Å². The van der Waals surface area contributed by atoms with Crippen molar-refractivity contribution < 1.29 is 4.79 Å². The first-order valence-electron chi connectivity index (χ1n) is 10.5. The quantitative estimate of drug-likeness (QED) is 0.336. The Morgan fingerprint density at radius 1 is 0.900 bits per heavy atom. The second-order valence-electron chi connectivity index (χ2n) is 9.19. The summed E-state index contributed by atoms with van der Waals surface area (Å²) in [6, 6.07) is 25.7. The van der Waals surface area contributed by atoms with Crippen LogP contribution in [0.2, 0.25) is 0 Å². The molecule has 0 spiro atoms. The number of benzene rings is 3. The van der Waals surface area contributed by atoms with Crippen molar-refractivity contribution in [1.82, 2.24) is 4.57 Å². The van der Waals surface area contributed by atoms with Gasteiger partial charge in [0.05, 0.1) is 0 Å². The number of fused-ring (bicyclic) bond motifs is 1. The third kappa shape index (κ3) is 3.82. The van der Waals surface area contributed by atoms with Crippen LogP contribution in [0.25, 0.3) is 22.0 Å². The van der Waals surface area contributed by atoms with Gasteiger partial charge in [-0.15, -0.1) is 0 Å². The summed E-state index contributed by atoms with van der Waals surface area (Å²) >= 11 is 0. The molecule has 1 heterocycles. The van der Waals surface area contributed by atoms with Crippen LogP contribution in [-0.4, -0.2) is 10.4 Å². The van der Waals surface area contributed by atoms with E-state index >= 15 is 0 Å². The van der Waals surface area contributed by atoms with E-state index in [2.05, 4.69) is 92.9 Å². The summed E-state index contributed by atoms with van der Waals surface area (Å²) in [6.45, 7) is 11.3. The number of hydrogen-bond acceptors (Lipinski definition) is 1. The summed E-state index contributed by atoms with van der Waals surface area (Å²) < 4.78 is 2.32. The molecule has 4 aromatic rings. The fourth-order valence-corrected chi connectivity index (χ4v) is 4.20. The van der Waals surface area contributed by atoms with Crippen LogP contribution in [0.3, 0.4) is 0 Å². The number of carbonyl (C=O) groups is 1. The van der Waals surface area contributed by atoms with Crippen LogP contribution in [-0.2, 0) is 12.0 Å². The molecule has 0 amide bonds. The predicted octanol–water partition coefficient (Wildman–Crippen LogP) is 7.17. The van der Waals surface area contributed by atoms with Crippen LogP contribution in [0.15, 0.2) is 72.8 Å². The lowest BCUT2D eigenvalue weighted by molar-refractivity contribution is 0.101. The molecule has 1 aromatic heterocycles. The largest absolute Gasteiger partial charge is 0.340 e. The van der Waals surface area contributed by atoms with Crippen molar-refractivity contribution in [2.75, 3.05) is 0 Å². The second-order valence-corrected chi connectivity index (χ2v) is 9.19. The van der Waals surface area contributed by atoms with Gasteiger partial charge in [-0.1, -0.05) is 69.3 Å². The highest BCUT2D eigenvalue weighted by Gasteiger charge is 2.18. The van der Waals surface area contributed by atoms with Crippen LogP contribution in [0, 0.1) is 6.92 Å². The Hall–Kier alpha value is -3.13. The molecule has 2 nitrogen and oxygen atoms in total. The zero-order chi connectivity index (χ0) is 21.5. The van der Waals surface area contributed by atoms with E-state index in [1.807, 2.05) is 12.1 Å². The maximum Gasteiger partial charge on any atom is 0.159 e. The molecular formula is C28H29NO. The van der Waals surface area contributed by atoms with E-state index in [-0.39, 0.29) is 11.2 Å². The third-order valence-corrected chi connectivity index (χ3v) is 5.86. The molecule has 0 aliphatic rings. The molecule has 0 saturated carbocycles. The molecule has 0 bridgehead atoms. The lowest BCUT2D eigenvalue weighted by Crippen LogP contribution is -2.12. The van der Waals surface area contributed by atoms with Crippen molar-refractivity contribution in [3.63, 3.8) is 0 Å². The molecule has 4 rings (SSSR count). The number of hydrogen-bond donors (Lipinski definition) is 0. The van der Waals surface area contributed by atoms with Crippen molar-refractivity contribution >= 4 is 16.7 Å². The number of Topliss-reactive ketones (excluding diaryl/α,β-unsaturated/α-hetero) is 1. The summed E-state index contributed by atoms with van der Waals surface area (Å²) in [5.74, 6) is 0.105. The van der Waals surface area contributed by atoms with Crippen LogP contribution in [0.5, 0.6) is 0 Å². The van der Waals surface area contributed by atoms with Crippen molar-refractivity contribution in [3.8, 4) is 11.1 Å². The number of aromatic nitrogens is 1. The molecule has 0 unspecified atom stereocenters. The van der Waals surface area contributed by atoms with Crippen LogP contribution >= 0.6 is 0 Å². The summed E-state index contributed by atoms with van der Waals surface area (Å²) in [4.78, 5) is 11.7. The van der Waals surface area contributed by atoms with E-state index in [4.69, 9.17) is 0 Å². The van der Waals surface area contributed by atoms with E-state index in [1.54, 1.807) is 6.92 Å². The highest BCUT2D eigenvalue weighted by Crippen LogP contribution is 2.33. The molecule has 152 valence electrons. The molecule has 0 atom stereocenters. The Kier molecular flexibility index (Phi) is 5.11. The molecule has 30 heavy (non-hydrogen) atoms. The highest BCUT2D eigenvalue weighted by atomic mass is 16.1. The van der Waals surface area contributed by atoms with Gasteiger partial charge in [-0.2, -0.15) is 0 Å². The summed E-state index contributed by atoms with van der Waals surface area (Å²) in [5.41, 5.74) is 8.43. The average Bonchev–Trinajstić information content (AvgIpc) is 3.02. The molecule has 0 aliphatic heterocycles. The van der Waals surface area contributed by atoms with Crippen molar-refractivity contribution in [3.05, 3.63) is 95.2 Å². The number of aryl methyl sites for hydroxylation is 1. The minimum Gasteiger partial charge on any atom is -0.340 e. The van der Waals surface area contributed by atoms with Gasteiger partial charge in [0.1, 0.15) is 0 Å². The molecule has 0 N–H and O–H groups in total. The smallest absolute Gasteiger partial charge is 0.159 e. The van der Waals surface area contributed by atoms with Gasteiger partial charge < -0.3 is 4.57 Å². The first kappa shape index (κ1) is 20.2. The lowest BCUT2D eigenvalue weighted by Gasteiger charge is -2.23. The Bertz CT molecular complexity index is 1220. The van der Waals surface area contributed by atoms with Gasteiger partial charge in [-0.25, -0.2) is 0 Å². The Morgan fingerprint density at radius 3 is 2.27 bits per heavy atom. The van der Waals surface area contributed by atoms with E-state index in [0.717, 1.165) is 17.5 Å². The van der Waals surface area contributed by atoms with Crippen molar-refractivity contribution in [2.45, 2.75) is 46.6 Å². The van der Waals surface area contributed by atoms with Crippen LogP contribution in [0.4, 0.5) is 0 Å². The molecule has 0 aliphatic carbocycles. The second kappa shape index (κ2) is 7.60. The van der Waals surface area contributed by atoms with Gasteiger partial charge in [0, 0.05) is 28.7 Å². The van der Waals surface area contributed by atoms with Crippen molar-refractivity contribution in [2.24, 2.45) is 0 Å². The number of rotatable bonds is 4. The monoisotopic (exact) mass is 395 g/mol. The van der Waals surface area contributed by atoms with E-state index in [0.29, 0.717) is 0 Å². The predicted molar refractivity (Wildman–Crippen MR) is 126 cm³/mol. The Labute approximate surface area is 179 Å². The first-order valence-corrected chi connectivity index (χ1v) is 10.5. The topological polar surface area (TPSA) is 22.0 Å². The fraction of sp³-hybridized carbons (Fsp3) is 0.250. The molecule has 0 fully saturated rings. The third-order valence-electron chi connectivity index (χ3n) is 5.86. The standard InChI is InChI=1S/C28H29NO/c1-19-16-24-17-23(20(2)30)14-15-27(24)29(19)18-21-10-12-22(13-11-21)25-8-6-7-9-26(25)28(3,4)5/h6-17H,18H2,1-5H3. The number of ketones is 1. The van der Waals surface area contributed by atoms with Crippen molar-refractivity contribution in [1.29, 1.82) is 0 Å². The minimum absolute atomic E-state index is 0.105. The maximum absolute atomic E-state index is 11.7. The zero-order valence-electron chi connectivity index (χ0n) is 18.5. The first-order chi connectivity index (χ1) is 14.2. The molecule has 0 saturated heterocycles. The SMILES string of the molecule is CC(=O)c1ccc2c(c1)cc(C)n2Cc1ccc(-c2ccccc2C(C)(C)C)cc1. The summed E-state index contributed by atoms with van der Waals surface area (Å²) in [6.07, 6.45) is 0. The fourth-order valence-electron chi connectivity index (χ4n) is 4.20. The number of nitrogens with zero attached hydrogens (tertiary/aromatic N) is 1. The average molecular weight is 396 g/mol. The summed E-state index contributed by atoms with van der Waals surface area (Å²) in [5, 5.41) is 1.12. The Balaban J connectivity index is 1.66. The van der Waals surface area contributed by atoms with Gasteiger partial charge in [-0.05, 0) is 65.8 Å². The minimum atomic E-state index is 0.105. The van der Waals surface area contributed by atoms with E-state index < -0.39 is 0 Å². The molecule has 3 aromatic carbocycles. The van der Waals surface area contributed by atoms with Gasteiger partial charge >= 0.3 is 0 Å².